The second kappa shape index (κ2) is 5.17. The van der Waals surface area contributed by atoms with Crippen LogP contribution in [0.3, 0.4) is 0 Å². The maximum atomic E-state index is 12.8. The lowest BCUT2D eigenvalue weighted by Crippen LogP contribution is -2.10. The number of halogens is 3. The fourth-order valence-corrected chi connectivity index (χ4v) is 3.69. The van der Waals surface area contributed by atoms with Gasteiger partial charge in [0.15, 0.2) is 5.69 Å². The van der Waals surface area contributed by atoms with Crippen LogP contribution in [0.2, 0.25) is 0 Å². The number of nitrogens with two attached hydrogens (primary N) is 1. The Bertz CT molecular complexity index is 414. The molecule has 0 spiro atoms. The molecule has 0 aromatic carbocycles. The minimum atomic E-state index is -4.38. The third-order valence-electron chi connectivity index (χ3n) is 3.64. The maximum absolute atomic E-state index is 12.8. The Morgan fingerprint density at radius 1 is 1.39 bits per heavy atom. The fourth-order valence-electron chi connectivity index (χ4n) is 2.57. The van der Waals surface area contributed by atoms with Crippen molar-refractivity contribution in [2.24, 2.45) is 11.7 Å². The Hall–Kier alpha value is -0.620. The van der Waals surface area contributed by atoms with Crippen LogP contribution in [0, 0.1) is 5.92 Å². The van der Waals surface area contributed by atoms with Crippen molar-refractivity contribution in [1.29, 1.82) is 0 Å². The van der Waals surface area contributed by atoms with E-state index in [1.54, 1.807) is 0 Å². The molecule has 1 aliphatic carbocycles. The van der Waals surface area contributed by atoms with Gasteiger partial charge < -0.3 is 5.73 Å². The van der Waals surface area contributed by atoms with Gasteiger partial charge in [-0.15, -0.1) is 11.3 Å². The lowest BCUT2D eigenvalue weighted by atomic mass is 10.0. The van der Waals surface area contributed by atoms with E-state index in [2.05, 4.69) is 11.9 Å². The van der Waals surface area contributed by atoms with Crippen LogP contribution in [-0.4, -0.2) is 4.98 Å². The number of hydrogen-bond donors (Lipinski definition) is 1. The zero-order chi connectivity index (χ0) is 13.3. The van der Waals surface area contributed by atoms with Crippen LogP contribution in [-0.2, 0) is 12.7 Å². The van der Waals surface area contributed by atoms with Crippen molar-refractivity contribution in [3.63, 3.8) is 0 Å². The van der Waals surface area contributed by atoms with Crippen LogP contribution >= 0.6 is 11.3 Å². The SMILES string of the molecule is CCC1CCC(c2nc(C(F)(F)F)c(CN)s2)C1. The van der Waals surface area contributed by atoms with Gasteiger partial charge >= 0.3 is 6.18 Å². The standard InChI is InChI=1S/C12H17F3N2S/c1-2-7-3-4-8(5-7)11-17-10(12(13,14)15)9(6-16)18-11/h7-8H,2-6,16H2,1H3. The van der Waals surface area contributed by atoms with E-state index in [9.17, 15) is 13.2 Å². The first-order valence-electron chi connectivity index (χ1n) is 6.22. The number of nitrogens with zero attached hydrogens (tertiary/aromatic N) is 1. The Morgan fingerprint density at radius 2 is 2.11 bits per heavy atom. The van der Waals surface area contributed by atoms with Gasteiger partial charge in [0.1, 0.15) is 0 Å². The smallest absolute Gasteiger partial charge is 0.326 e. The van der Waals surface area contributed by atoms with Crippen LogP contribution in [0.1, 0.15) is 54.1 Å². The summed E-state index contributed by atoms with van der Waals surface area (Å²) in [5.41, 5.74) is 4.61. The first-order chi connectivity index (χ1) is 8.45. The molecule has 0 aliphatic heterocycles. The highest BCUT2D eigenvalue weighted by Crippen LogP contribution is 2.43. The van der Waals surface area contributed by atoms with E-state index in [4.69, 9.17) is 5.73 Å². The summed E-state index contributed by atoms with van der Waals surface area (Å²) in [6.45, 7) is 2.04. The zero-order valence-corrected chi connectivity index (χ0v) is 11.1. The van der Waals surface area contributed by atoms with E-state index >= 15 is 0 Å². The lowest BCUT2D eigenvalue weighted by molar-refractivity contribution is -0.141. The number of aromatic nitrogens is 1. The molecule has 2 unspecified atom stereocenters. The van der Waals surface area contributed by atoms with Gasteiger partial charge in [0.05, 0.1) is 9.88 Å². The molecule has 102 valence electrons. The summed E-state index contributed by atoms with van der Waals surface area (Å²) in [5, 5.41) is 0.624. The summed E-state index contributed by atoms with van der Waals surface area (Å²) >= 11 is 1.14. The summed E-state index contributed by atoms with van der Waals surface area (Å²) in [5.74, 6) is 0.830. The van der Waals surface area contributed by atoms with E-state index in [0.29, 0.717) is 10.9 Å². The summed E-state index contributed by atoms with van der Waals surface area (Å²) in [4.78, 5) is 3.98. The molecule has 0 bridgehead atoms. The van der Waals surface area contributed by atoms with Gasteiger partial charge in [-0.25, -0.2) is 4.98 Å². The highest BCUT2D eigenvalue weighted by molar-refractivity contribution is 7.11. The number of thiazole rings is 1. The van der Waals surface area contributed by atoms with Crippen LogP contribution in [0.4, 0.5) is 13.2 Å². The summed E-state index contributed by atoms with van der Waals surface area (Å²) in [6.07, 6.45) is -0.275. The van der Waals surface area contributed by atoms with E-state index in [-0.39, 0.29) is 17.3 Å². The largest absolute Gasteiger partial charge is 0.434 e. The molecule has 6 heteroatoms. The van der Waals surface area contributed by atoms with Crippen molar-refractivity contribution in [2.75, 3.05) is 0 Å². The molecule has 1 heterocycles. The van der Waals surface area contributed by atoms with E-state index in [1.165, 1.54) is 0 Å². The Morgan fingerprint density at radius 3 is 2.56 bits per heavy atom. The predicted octanol–water partition coefficient (Wildman–Crippen LogP) is 3.91. The average molecular weight is 278 g/mol. The average Bonchev–Trinajstić information content (AvgIpc) is 2.94. The molecule has 1 aromatic rings. The van der Waals surface area contributed by atoms with Crippen molar-refractivity contribution < 1.29 is 13.2 Å². The molecule has 18 heavy (non-hydrogen) atoms. The summed E-state index contributed by atoms with van der Waals surface area (Å²) < 4.78 is 38.3. The van der Waals surface area contributed by atoms with Crippen LogP contribution in [0.5, 0.6) is 0 Å². The van der Waals surface area contributed by atoms with Gasteiger partial charge in [-0.05, 0) is 25.2 Å². The molecule has 1 fully saturated rings. The topological polar surface area (TPSA) is 38.9 Å². The van der Waals surface area contributed by atoms with Gasteiger partial charge in [0.25, 0.3) is 0 Å². The number of rotatable bonds is 3. The molecule has 2 atom stereocenters. The Kier molecular flexibility index (Phi) is 3.96. The lowest BCUT2D eigenvalue weighted by Gasteiger charge is -2.06. The van der Waals surface area contributed by atoms with Crippen molar-refractivity contribution in [3.8, 4) is 0 Å². The fraction of sp³-hybridized carbons (Fsp3) is 0.750. The Labute approximate surface area is 108 Å². The summed E-state index contributed by atoms with van der Waals surface area (Å²) in [6, 6.07) is 0. The quantitative estimate of drug-likeness (QED) is 0.910. The van der Waals surface area contributed by atoms with Gasteiger partial charge in [-0.1, -0.05) is 13.3 Å². The normalized spacial score (nSPS) is 24.7. The summed E-state index contributed by atoms with van der Waals surface area (Å²) in [7, 11) is 0. The molecule has 0 radical (unpaired) electrons. The van der Waals surface area contributed by atoms with Crippen molar-refractivity contribution in [2.45, 2.75) is 51.2 Å². The molecular formula is C12H17F3N2S. The Balaban J connectivity index is 2.23. The van der Waals surface area contributed by atoms with Crippen molar-refractivity contribution in [3.05, 3.63) is 15.6 Å². The van der Waals surface area contributed by atoms with Crippen molar-refractivity contribution >= 4 is 11.3 Å². The monoisotopic (exact) mass is 278 g/mol. The molecule has 1 saturated carbocycles. The van der Waals surface area contributed by atoms with Crippen LogP contribution in [0.15, 0.2) is 0 Å². The highest BCUT2D eigenvalue weighted by atomic mass is 32.1. The second-order valence-corrected chi connectivity index (χ2v) is 5.93. The molecule has 2 nitrogen and oxygen atoms in total. The van der Waals surface area contributed by atoms with E-state index in [0.717, 1.165) is 37.0 Å². The van der Waals surface area contributed by atoms with Gasteiger partial charge in [-0.3, -0.25) is 0 Å². The molecule has 0 amide bonds. The van der Waals surface area contributed by atoms with Gasteiger partial charge in [0, 0.05) is 12.5 Å². The van der Waals surface area contributed by atoms with Crippen LogP contribution in [0.25, 0.3) is 0 Å². The molecule has 2 N–H and O–H groups in total. The number of alkyl halides is 3. The third kappa shape index (κ3) is 2.69. The molecule has 1 aromatic heterocycles. The number of hydrogen-bond acceptors (Lipinski definition) is 3. The van der Waals surface area contributed by atoms with E-state index in [1.807, 2.05) is 0 Å². The minimum Gasteiger partial charge on any atom is -0.326 e. The molecule has 0 saturated heterocycles. The predicted molar refractivity (Wildman–Crippen MR) is 65.4 cm³/mol. The molecular weight excluding hydrogens is 261 g/mol. The first kappa shape index (κ1) is 13.8. The van der Waals surface area contributed by atoms with Gasteiger partial charge in [0.2, 0.25) is 0 Å². The zero-order valence-electron chi connectivity index (χ0n) is 10.3. The van der Waals surface area contributed by atoms with Gasteiger partial charge in [-0.2, -0.15) is 13.2 Å². The molecule has 1 aliphatic rings. The van der Waals surface area contributed by atoms with Crippen LogP contribution < -0.4 is 5.73 Å². The minimum absolute atomic E-state index is 0.0869. The van der Waals surface area contributed by atoms with E-state index < -0.39 is 11.9 Å². The highest BCUT2D eigenvalue weighted by Gasteiger charge is 2.38. The maximum Gasteiger partial charge on any atom is 0.434 e. The van der Waals surface area contributed by atoms with Crippen molar-refractivity contribution in [1.82, 2.24) is 4.98 Å². The third-order valence-corrected chi connectivity index (χ3v) is 4.88. The first-order valence-corrected chi connectivity index (χ1v) is 7.04. The second-order valence-electron chi connectivity index (χ2n) is 4.81. The molecule has 2 rings (SSSR count).